The van der Waals surface area contributed by atoms with Crippen molar-refractivity contribution >= 4 is 11.0 Å². The van der Waals surface area contributed by atoms with E-state index in [9.17, 15) is 0 Å². The van der Waals surface area contributed by atoms with Crippen LogP contribution in [0.1, 0.15) is 44.4 Å². The van der Waals surface area contributed by atoms with Crippen molar-refractivity contribution in [2.45, 2.75) is 52.2 Å². The molecule has 1 aromatic heterocycles. The molecule has 3 nitrogen and oxygen atoms in total. The quantitative estimate of drug-likeness (QED) is 0.872. The lowest BCUT2D eigenvalue weighted by molar-refractivity contribution is 0.238. The smallest absolute Gasteiger partial charge is 0.134 e. The number of hydrogen-bond acceptors (Lipinski definition) is 3. The minimum atomic E-state index is 0.741. The second kappa shape index (κ2) is 6.63. The molecule has 0 spiro atoms. The predicted molar refractivity (Wildman–Crippen MR) is 87.3 cm³/mol. The van der Waals surface area contributed by atoms with Crippen LogP contribution in [-0.4, -0.2) is 24.0 Å². The van der Waals surface area contributed by atoms with Crippen molar-refractivity contribution < 1.29 is 4.42 Å². The summed E-state index contributed by atoms with van der Waals surface area (Å²) in [6.07, 6.45) is 3.92. The van der Waals surface area contributed by atoms with Gasteiger partial charge in [0.15, 0.2) is 0 Å². The van der Waals surface area contributed by atoms with Crippen LogP contribution in [-0.2, 0) is 13.1 Å². The molecule has 1 fully saturated rings. The van der Waals surface area contributed by atoms with E-state index in [0.29, 0.717) is 0 Å². The van der Waals surface area contributed by atoms with E-state index in [1.165, 1.54) is 36.8 Å². The molecule has 0 bridgehead atoms. The first kappa shape index (κ1) is 14.6. The Morgan fingerprint density at radius 2 is 2.14 bits per heavy atom. The molecule has 1 aliphatic rings. The molecule has 1 atom stereocenters. The molecule has 1 unspecified atom stereocenters. The highest BCUT2D eigenvalue weighted by molar-refractivity contribution is 5.82. The summed E-state index contributed by atoms with van der Waals surface area (Å²) in [4.78, 5) is 2.63. The van der Waals surface area contributed by atoms with E-state index in [4.69, 9.17) is 4.42 Å². The first-order valence-corrected chi connectivity index (χ1v) is 8.27. The van der Waals surface area contributed by atoms with Crippen LogP contribution in [0, 0.1) is 0 Å². The Labute approximate surface area is 127 Å². The molecule has 1 aromatic carbocycles. The normalized spacial score (nSPS) is 19.6. The number of rotatable bonds is 6. The van der Waals surface area contributed by atoms with Gasteiger partial charge in [-0.3, -0.25) is 4.90 Å². The number of benzene rings is 1. The van der Waals surface area contributed by atoms with Crippen molar-refractivity contribution in [2.24, 2.45) is 0 Å². The van der Waals surface area contributed by atoms with Gasteiger partial charge in [-0.15, -0.1) is 0 Å². The van der Waals surface area contributed by atoms with Crippen LogP contribution in [0.4, 0.5) is 0 Å². The van der Waals surface area contributed by atoms with Crippen LogP contribution in [0.2, 0.25) is 0 Å². The van der Waals surface area contributed by atoms with E-state index in [1.807, 2.05) is 0 Å². The Balaban J connectivity index is 1.91. The Kier molecular flexibility index (Phi) is 4.61. The van der Waals surface area contributed by atoms with Crippen LogP contribution in [0.5, 0.6) is 0 Å². The molecule has 114 valence electrons. The van der Waals surface area contributed by atoms with Crippen molar-refractivity contribution in [2.75, 3.05) is 13.1 Å². The number of hydrogen-bond donors (Lipinski definition) is 1. The number of fused-ring (bicyclic) bond motifs is 1. The highest BCUT2D eigenvalue weighted by atomic mass is 16.3. The molecule has 1 aliphatic heterocycles. The average Bonchev–Trinajstić information content (AvgIpc) is 3.10. The van der Waals surface area contributed by atoms with Gasteiger partial charge < -0.3 is 9.73 Å². The van der Waals surface area contributed by atoms with E-state index in [0.717, 1.165) is 37.0 Å². The largest absolute Gasteiger partial charge is 0.459 e. The Morgan fingerprint density at radius 1 is 1.29 bits per heavy atom. The molecular formula is C18H26N2O. The maximum Gasteiger partial charge on any atom is 0.134 e. The standard InChI is InChI=1S/C18H26N2O/c1-3-14-8-7-11-20(14)13-16-15-9-5-6-10-17(15)21-18(16)12-19-4-2/h5-6,9-10,14,19H,3-4,7-8,11-13H2,1-2H3. The van der Waals surface area contributed by atoms with Crippen LogP contribution in [0.15, 0.2) is 28.7 Å². The number of likely N-dealkylation sites (tertiary alicyclic amines) is 1. The van der Waals surface area contributed by atoms with E-state index in [2.05, 4.69) is 48.3 Å². The van der Waals surface area contributed by atoms with Crippen LogP contribution < -0.4 is 5.32 Å². The summed E-state index contributed by atoms with van der Waals surface area (Å²) in [5.74, 6) is 1.11. The summed E-state index contributed by atoms with van der Waals surface area (Å²) >= 11 is 0. The van der Waals surface area contributed by atoms with Gasteiger partial charge >= 0.3 is 0 Å². The lowest BCUT2D eigenvalue weighted by atomic mass is 10.1. The van der Waals surface area contributed by atoms with E-state index < -0.39 is 0 Å². The lowest BCUT2D eigenvalue weighted by Crippen LogP contribution is -2.28. The van der Waals surface area contributed by atoms with E-state index >= 15 is 0 Å². The summed E-state index contributed by atoms with van der Waals surface area (Å²) in [7, 11) is 0. The second-order valence-corrected chi connectivity index (χ2v) is 5.96. The third kappa shape index (κ3) is 2.99. The molecule has 0 aliphatic carbocycles. The van der Waals surface area contributed by atoms with Gasteiger partial charge in [0.1, 0.15) is 11.3 Å². The van der Waals surface area contributed by atoms with Crippen LogP contribution >= 0.6 is 0 Å². The van der Waals surface area contributed by atoms with Crippen molar-refractivity contribution in [3.8, 4) is 0 Å². The zero-order valence-corrected chi connectivity index (χ0v) is 13.2. The topological polar surface area (TPSA) is 28.4 Å². The zero-order chi connectivity index (χ0) is 14.7. The minimum absolute atomic E-state index is 0.741. The van der Waals surface area contributed by atoms with Gasteiger partial charge in [0, 0.05) is 23.5 Å². The second-order valence-electron chi connectivity index (χ2n) is 5.96. The average molecular weight is 286 g/mol. The Hall–Kier alpha value is -1.32. The summed E-state index contributed by atoms with van der Waals surface area (Å²) in [6.45, 7) is 8.48. The van der Waals surface area contributed by atoms with Crippen molar-refractivity contribution in [1.29, 1.82) is 0 Å². The maximum absolute atomic E-state index is 6.09. The molecule has 0 radical (unpaired) electrons. The maximum atomic E-state index is 6.09. The van der Waals surface area contributed by atoms with Gasteiger partial charge in [-0.05, 0) is 38.4 Å². The van der Waals surface area contributed by atoms with Gasteiger partial charge in [0.25, 0.3) is 0 Å². The molecule has 21 heavy (non-hydrogen) atoms. The van der Waals surface area contributed by atoms with Gasteiger partial charge in [0.2, 0.25) is 0 Å². The zero-order valence-electron chi connectivity index (χ0n) is 13.2. The van der Waals surface area contributed by atoms with Crippen molar-refractivity contribution in [1.82, 2.24) is 10.2 Å². The number of nitrogens with zero attached hydrogens (tertiary/aromatic N) is 1. The molecule has 1 saturated heterocycles. The molecular weight excluding hydrogens is 260 g/mol. The summed E-state index contributed by atoms with van der Waals surface area (Å²) in [6, 6.07) is 9.18. The Bertz CT molecular complexity index is 590. The molecule has 3 rings (SSSR count). The summed E-state index contributed by atoms with van der Waals surface area (Å²) in [5, 5.41) is 4.69. The van der Waals surface area contributed by atoms with E-state index in [1.54, 1.807) is 0 Å². The molecule has 0 amide bonds. The molecule has 3 heteroatoms. The van der Waals surface area contributed by atoms with Gasteiger partial charge in [-0.2, -0.15) is 0 Å². The summed E-state index contributed by atoms with van der Waals surface area (Å²) < 4.78 is 6.09. The van der Waals surface area contributed by atoms with Crippen molar-refractivity contribution in [3.05, 3.63) is 35.6 Å². The molecule has 1 N–H and O–H groups in total. The van der Waals surface area contributed by atoms with E-state index in [-0.39, 0.29) is 0 Å². The first-order chi connectivity index (χ1) is 10.3. The lowest BCUT2D eigenvalue weighted by Gasteiger charge is -2.23. The Morgan fingerprint density at radius 3 is 2.95 bits per heavy atom. The highest BCUT2D eigenvalue weighted by Crippen LogP contribution is 2.30. The van der Waals surface area contributed by atoms with Crippen molar-refractivity contribution in [3.63, 3.8) is 0 Å². The van der Waals surface area contributed by atoms with Crippen LogP contribution in [0.25, 0.3) is 11.0 Å². The number of nitrogens with one attached hydrogen (secondary N) is 1. The minimum Gasteiger partial charge on any atom is -0.459 e. The fourth-order valence-electron chi connectivity index (χ4n) is 3.47. The number of para-hydroxylation sites is 1. The van der Waals surface area contributed by atoms with Gasteiger partial charge in [0.05, 0.1) is 6.54 Å². The molecule has 2 heterocycles. The SMILES string of the molecule is CCNCc1oc2ccccc2c1CN1CCCC1CC. The third-order valence-electron chi connectivity index (χ3n) is 4.65. The predicted octanol–water partition coefficient (Wildman–Crippen LogP) is 3.92. The monoisotopic (exact) mass is 286 g/mol. The fraction of sp³-hybridized carbons (Fsp3) is 0.556. The highest BCUT2D eigenvalue weighted by Gasteiger charge is 2.25. The van der Waals surface area contributed by atoms with Gasteiger partial charge in [-0.1, -0.05) is 32.0 Å². The third-order valence-corrected chi connectivity index (χ3v) is 4.65. The van der Waals surface area contributed by atoms with Crippen LogP contribution in [0.3, 0.4) is 0 Å². The van der Waals surface area contributed by atoms with Gasteiger partial charge in [-0.25, -0.2) is 0 Å². The molecule has 2 aromatic rings. The first-order valence-electron chi connectivity index (χ1n) is 8.27. The fourth-order valence-corrected chi connectivity index (χ4v) is 3.47. The molecule has 0 saturated carbocycles. The number of furan rings is 1. The summed E-state index contributed by atoms with van der Waals surface area (Å²) in [5.41, 5.74) is 2.40.